The van der Waals surface area contributed by atoms with Crippen LogP contribution in [-0.4, -0.2) is 18.3 Å². The Labute approximate surface area is 81.3 Å². The summed E-state index contributed by atoms with van der Waals surface area (Å²) in [6, 6.07) is 6.02. The molecule has 0 saturated carbocycles. The van der Waals surface area contributed by atoms with E-state index in [4.69, 9.17) is 4.74 Å². The van der Waals surface area contributed by atoms with E-state index in [1.54, 1.807) is 18.9 Å². The topological polar surface area (TPSA) is 25.0 Å². The Kier molecular flexibility index (Phi) is 2.19. The van der Waals surface area contributed by atoms with E-state index in [0.717, 1.165) is 11.3 Å². The van der Waals surface area contributed by atoms with Crippen molar-refractivity contribution < 1.29 is 4.74 Å². The van der Waals surface area contributed by atoms with Crippen LogP contribution < -0.4 is 4.74 Å². The highest BCUT2D eigenvalue weighted by Gasteiger charge is 2.06. The number of fused-ring (bicyclic) bond motifs is 1. The second-order valence-corrected chi connectivity index (χ2v) is 3.59. The molecule has 2 aromatic rings. The van der Waals surface area contributed by atoms with Gasteiger partial charge >= 0.3 is 0 Å². The fourth-order valence-corrected chi connectivity index (χ4v) is 2.04. The SMILES string of the molecule is COc1cccc2[nH]cc(SC)c12. The van der Waals surface area contributed by atoms with E-state index in [9.17, 15) is 0 Å². The molecule has 13 heavy (non-hydrogen) atoms. The van der Waals surface area contributed by atoms with Crippen LogP contribution in [0.2, 0.25) is 0 Å². The maximum absolute atomic E-state index is 5.29. The first-order valence-corrected chi connectivity index (χ1v) is 5.27. The Morgan fingerprint density at radius 2 is 2.23 bits per heavy atom. The predicted octanol–water partition coefficient (Wildman–Crippen LogP) is 2.90. The van der Waals surface area contributed by atoms with Gasteiger partial charge in [0.15, 0.2) is 0 Å². The van der Waals surface area contributed by atoms with Crippen molar-refractivity contribution in [1.29, 1.82) is 0 Å². The van der Waals surface area contributed by atoms with Crippen molar-refractivity contribution in [3.8, 4) is 5.75 Å². The zero-order valence-corrected chi connectivity index (χ0v) is 8.44. The van der Waals surface area contributed by atoms with Crippen LogP contribution in [0.5, 0.6) is 5.75 Å². The molecule has 0 radical (unpaired) electrons. The standard InChI is InChI=1S/C10H11NOS/c1-12-8-5-3-4-7-10(8)9(13-2)6-11-7/h3-6,11H,1-2H3. The number of hydrogen-bond acceptors (Lipinski definition) is 2. The van der Waals surface area contributed by atoms with Crippen molar-refractivity contribution >= 4 is 22.7 Å². The van der Waals surface area contributed by atoms with Gasteiger partial charge in [-0.05, 0) is 18.4 Å². The first-order valence-electron chi connectivity index (χ1n) is 4.05. The Bertz CT molecular complexity index is 422. The minimum absolute atomic E-state index is 0.933. The molecule has 1 heterocycles. The van der Waals surface area contributed by atoms with Crippen molar-refractivity contribution in [1.82, 2.24) is 4.98 Å². The molecule has 1 aromatic carbocycles. The number of ether oxygens (including phenoxy) is 1. The molecule has 0 spiro atoms. The molecular weight excluding hydrogens is 182 g/mol. The fraction of sp³-hybridized carbons (Fsp3) is 0.200. The van der Waals surface area contributed by atoms with Crippen LogP contribution in [-0.2, 0) is 0 Å². The number of methoxy groups -OCH3 is 1. The molecular formula is C10H11NOS. The number of H-pyrrole nitrogens is 1. The third-order valence-electron chi connectivity index (χ3n) is 2.07. The lowest BCUT2D eigenvalue weighted by Crippen LogP contribution is -1.83. The molecule has 68 valence electrons. The van der Waals surface area contributed by atoms with E-state index < -0.39 is 0 Å². The predicted molar refractivity (Wildman–Crippen MR) is 56.6 cm³/mol. The van der Waals surface area contributed by atoms with E-state index >= 15 is 0 Å². The average molecular weight is 193 g/mol. The van der Waals surface area contributed by atoms with E-state index in [1.165, 1.54) is 10.3 Å². The number of thioether (sulfide) groups is 1. The molecule has 0 amide bonds. The normalized spacial score (nSPS) is 10.6. The number of aromatic nitrogens is 1. The van der Waals surface area contributed by atoms with Gasteiger partial charge in [-0.3, -0.25) is 0 Å². The number of rotatable bonds is 2. The summed E-state index contributed by atoms with van der Waals surface area (Å²) < 4.78 is 5.29. The molecule has 3 heteroatoms. The van der Waals surface area contributed by atoms with Gasteiger partial charge in [-0.25, -0.2) is 0 Å². The second kappa shape index (κ2) is 3.34. The summed E-state index contributed by atoms with van der Waals surface area (Å²) in [5.74, 6) is 0.933. The quantitative estimate of drug-likeness (QED) is 0.742. The molecule has 1 N–H and O–H groups in total. The molecule has 0 fully saturated rings. The molecule has 0 bridgehead atoms. The van der Waals surface area contributed by atoms with Gasteiger partial charge in [-0.1, -0.05) is 6.07 Å². The fourth-order valence-electron chi connectivity index (χ4n) is 1.45. The van der Waals surface area contributed by atoms with Gasteiger partial charge in [0.25, 0.3) is 0 Å². The summed E-state index contributed by atoms with van der Waals surface area (Å²) in [5.41, 5.74) is 1.13. The van der Waals surface area contributed by atoms with Crippen LogP contribution in [0.4, 0.5) is 0 Å². The summed E-state index contributed by atoms with van der Waals surface area (Å²) >= 11 is 1.72. The largest absolute Gasteiger partial charge is 0.496 e. The van der Waals surface area contributed by atoms with Gasteiger partial charge in [0.05, 0.1) is 18.0 Å². The zero-order chi connectivity index (χ0) is 9.26. The summed E-state index contributed by atoms with van der Waals surface area (Å²) in [5, 5.41) is 1.18. The Hall–Kier alpha value is -1.09. The minimum Gasteiger partial charge on any atom is -0.496 e. The summed E-state index contributed by atoms with van der Waals surface area (Å²) in [6.45, 7) is 0. The Morgan fingerprint density at radius 3 is 2.92 bits per heavy atom. The zero-order valence-electron chi connectivity index (χ0n) is 7.63. The van der Waals surface area contributed by atoms with Gasteiger partial charge in [-0.15, -0.1) is 11.8 Å². The van der Waals surface area contributed by atoms with Crippen LogP contribution in [0.3, 0.4) is 0 Å². The van der Waals surface area contributed by atoms with E-state index in [-0.39, 0.29) is 0 Å². The molecule has 0 unspecified atom stereocenters. The van der Waals surface area contributed by atoms with Gasteiger partial charge in [0.2, 0.25) is 0 Å². The molecule has 0 aliphatic heterocycles. The smallest absolute Gasteiger partial charge is 0.129 e. The van der Waals surface area contributed by atoms with Crippen LogP contribution >= 0.6 is 11.8 Å². The minimum atomic E-state index is 0.933. The van der Waals surface area contributed by atoms with Crippen molar-refractivity contribution in [3.63, 3.8) is 0 Å². The van der Waals surface area contributed by atoms with Crippen LogP contribution in [0.1, 0.15) is 0 Å². The lowest BCUT2D eigenvalue weighted by atomic mass is 10.2. The molecule has 0 aliphatic carbocycles. The lowest BCUT2D eigenvalue weighted by molar-refractivity contribution is 0.419. The van der Waals surface area contributed by atoms with E-state index in [2.05, 4.69) is 17.3 Å². The van der Waals surface area contributed by atoms with Crippen molar-refractivity contribution in [2.75, 3.05) is 13.4 Å². The maximum Gasteiger partial charge on any atom is 0.129 e. The molecule has 2 rings (SSSR count). The molecule has 1 aromatic heterocycles. The first-order chi connectivity index (χ1) is 6.36. The van der Waals surface area contributed by atoms with Crippen LogP contribution in [0.25, 0.3) is 10.9 Å². The number of nitrogens with one attached hydrogen (secondary N) is 1. The van der Waals surface area contributed by atoms with Crippen LogP contribution in [0.15, 0.2) is 29.3 Å². The number of aromatic amines is 1. The molecule has 0 atom stereocenters. The average Bonchev–Trinajstić information content (AvgIpc) is 2.60. The highest BCUT2D eigenvalue weighted by molar-refractivity contribution is 7.98. The number of benzene rings is 1. The lowest BCUT2D eigenvalue weighted by Gasteiger charge is -2.02. The monoisotopic (exact) mass is 193 g/mol. The second-order valence-electron chi connectivity index (χ2n) is 2.74. The summed E-state index contributed by atoms with van der Waals surface area (Å²) in [4.78, 5) is 4.44. The van der Waals surface area contributed by atoms with E-state index in [0.29, 0.717) is 0 Å². The number of hydrogen-bond donors (Lipinski definition) is 1. The molecule has 2 nitrogen and oxygen atoms in total. The Morgan fingerprint density at radius 1 is 1.38 bits per heavy atom. The van der Waals surface area contributed by atoms with Gasteiger partial charge in [-0.2, -0.15) is 0 Å². The van der Waals surface area contributed by atoms with Crippen molar-refractivity contribution in [2.45, 2.75) is 4.90 Å². The Balaban J connectivity index is 2.76. The van der Waals surface area contributed by atoms with Crippen molar-refractivity contribution in [3.05, 3.63) is 24.4 Å². The highest BCUT2D eigenvalue weighted by Crippen LogP contribution is 2.33. The van der Waals surface area contributed by atoms with Crippen molar-refractivity contribution in [2.24, 2.45) is 0 Å². The third-order valence-corrected chi connectivity index (χ3v) is 2.83. The molecule has 0 saturated heterocycles. The van der Waals surface area contributed by atoms with Gasteiger partial charge in [0.1, 0.15) is 5.75 Å². The first kappa shape index (κ1) is 8.51. The third kappa shape index (κ3) is 1.29. The maximum atomic E-state index is 5.29. The van der Waals surface area contributed by atoms with Gasteiger partial charge in [0, 0.05) is 11.1 Å². The van der Waals surface area contributed by atoms with Gasteiger partial charge < -0.3 is 9.72 Å². The highest BCUT2D eigenvalue weighted by atomic mass is 32.2. The summed E-state index contributed by atoms with van der Waals surface area (Å²) in [6.07, 6.45) is 4.08. The summed E-state index contributed by atoms with van der Waals surface area (Å²) in [7, 11) is 1.70. The van der Waals surface area contributed by atoms with E-state index in [1.807, 2.05) is 18.3 Å². The van der Waals surface area contributed by atoms with Crippen LogP contribution in [0, 0.1) is 0 Å². The molecule has 0 aliphatic rings.